The van der Waals surface area contributed by atoms with E-state index in [2.05, 4.69) is 0 Å². The molecule has 10 N–H and O–H groups in total. The van der Waals surface area contributed by atoms with E-state index in [4.69, 9.17) is 23.4 Å². The van der Waals surface area contributed by atoms with Gasteiger partial charge in [-0.2, -0.15) is 0 Å². The monoisotopic (exact) mass is 610 g/mol. The van der Waals surface area contributed by atoms with Crippen molar-refractivity contribution < 1.29 is 74.4 Å². The first kappa shape index (κ1) is 30.7. The first-order valence-electron chi connectivity index (χ1n) is 13.0. The minimum atomic E-state index is -1.92. The lowest BCUT2D eigenvalue weighted by Crippen LogP contribution is -2.60. The second-order valence-corrected chi connectivity index (χ2v) is 10.2. The van der Waals surface area contributed by atoms with Crippen LogP contribution in [0.15, 0.2) is 39.5 Å². The number of hydrogen-bond donors (Lipinski definition) is 10. The summed E-state index contributed by atoms with van der Waals surface area (Å²) in [5, 5.41) is 101. The van der Waals surface area contributed by atoms with Crippen molar-refractivity contribution in [2.24, 2.45) is 0 Å². The molecule has 2 aromatic carbocycles. The van der Waals surface area contributed by atoms with E-state index in [1.165, 1.54) is 13.0 Å². The summed E-state index contributed by atoms with van der Waals surface area (Å²) < 4.78 is 27.8. The van der Waals surface area contributed by atoms with Crippen molar-refractivity contribution in [1.82, 2.24) is 0 Å². The molecule has 5 rings (SSSR count). The van der Waals surface area contributed by atoms with Gasteiger partial charge in [-0.25, -0.2) is 0 Å². The number of aromatic hydroxyl groups is 3. The van der Waals surface area contributed by atoms with Crippen LogP contribution in [-0.4, -0.2) is 119 Å². The number of phenols is 3. The van der Waals surface area contributed by atoms with Gasteiger partial charge in [-0.1, -0.05) is 0 Å². The molecule has 2 aliphatic rings. The van der Waals surface area contributed by atoms with E-state index in [0.717, 1.165) is 24.3 Å². The molecule has 3 heterocycles. The van der Waals surface area contributed by atoms with Gasteiger partial charge in [0.15, 0.2) is 17.3 Å². The smallest absolute Gasteiger partial charge is 0.239 e. The van der Waals surface area contributed by atoms with Crippen molar-refractivity contribution in [1.29, 1.82) is 0 Å². The van der Waals surface area contributed by atoms with Crippen molar-refractivity contribution in [3.8, 4) is 40.1 Å². The van der Waals surface area contributed by atoms with Gasteiger partial charge >= 0.3 is 0 Å². The second kappa shape index (κ2) is 11.8. The molecule has 0 bridgehead atoms. The van der Waals surface area contributed by atoms with Gasteiger partial charge in [0, 0.05) is 17.7 Å². The molecule has 16 nitrogen and oxygen atoms in total. The summed E-state index contributed by atoms with van der Waals surface area (Å²) in [7, 11) is 0. The zero-order valence-corrected chi connectivity index (χ0v) is 22.3. The third-order valence-corrected chi connectivity index (χ3v) is 7.21. The van der Waals surface area contributed by atoms with E-state index in [9.17, 15) is 55.9 Å². The molecule has 0 unspecified atom stereocenters. The Morgan fingerprint density at radius 3 is 2.12 bits per heavy atom. The highest BCUT2D eigenvalue weighted by molar-refractivity contribution is 5.88. The molecule has 43 heavy (non-hydrogen) atoms. The molecule has 2 saturated heterocycles. The molecule has 1 aromatic heterocycles. The third-order valence-electron chi connectivity index (χ3n) is 7.21. The van der Waals surface area contributed by atoms with Crippen LogP contribution in [-0.2, 0) is 9.47 Å². The summed E-state index contributed by atoms with van der Waals surface area (Å²) >= 11 is 0. The average molecular weight is 611 g/mol. The molecule has 3 aromatic rings. The fraction of sp³-hybridized carbons (Fsp3) is 0.444. The highest BCUT2D eigenvalue weighted by Crippen LogP contribution is 2.40. The van der Waals surface area contributed by atoms with Gasteiger partial charge in [-0.05, 0) is 25.1 Å². The molecular weight excluding hydrogens is 580 g/mol. The molecule has 2 fully saturated rings. The first-order chi connectivity index (χ1) is 20.3. The lowest BCUT2D eigenvalue weighted by Gasteiger charge is -2.39. The number of phenolic OH excluding ortho intramolecular Hbond substituents is 3. The van der Waals surface area contributed by atoms with Crippen LogP contribution < -0.4 is 14.9 Å². The third kappa shape index (κ3) is 5.55. The molecule has 234 valence electrons. The second-order valence-electron chi connectivity index (χ2n) is 10.2. The van der Waals surface area contributed by atoms with Crippen LogP contribution in [0, 0.1) is 0 Å². The Hall–Kier alpha value is -3.71. The zero-order valence-electron chi connectivity index (χ0n) is 22.3. The fourth-order valence-electron chi connectivity index (χ4n) is 4.87. The van der Waals surface area contributed by atoms with Crippen molar-refractivity contribution in [2.75, 3.05) is 6.61 Å². The van der Waals surface area contributed by atoms with Gasteiger partial charge in [-0.15, -0.1) is 0 Å². The highest BCUT2D eigenvalue weighted by atomic mass is 16.7. The topological polar surface area (TPSA) is 269 Å². The maximum absolute atomic E-state index is 13.7. The molecule has 0 aliphatic carbocycles. The Morgan fingerprint density at radius 1 is 0.814 bits per heavy atom. The zero-order chi connectivity index (χ0) is 31.3. The van der Waals surface area contributed by atoms with Crippen molar-refractivity contribution >= 4 is 11.0 Å². The number of fused-ring (bicyclic) bond motifs is 1. The predicted octanol–water partition coefficient (Wildman–Crippen LogP) is -2.04. The Morgan fingerprint density at radius 2 is 1.49 bits per heavy atom. The lowest BCUT2D eigenvalue weighted by atomic mass is 9.99. The standard InChI is InChI=1S/C27H30O16/c1-8(29)23-20(36)22(38)26(42-23)39-10-5-13(32)16-14(6-10)40-24(9-2-3-11(30)12(31)4-9)25(18(16)34)43-27-21(37)19(35)17(33)15(7-28)41-27/h2-6,8,15,17,19-23,26-33,35-38H,7H2,1H3/t8-,15+,17+,19-,20-,21+,22+,23+,26+,27-/m0/s1. The highest BCUT2D eigenvalue weighted by Gasteiger charge is 2.47. The Bertz CT molecular complexity index is 1540. The number of benzene rings is 2. The van der Waals surface area contributed by atoms with Crippen molar-refractivity contribution in [2.45, 2.75) is 68.3 Å². The molecule has 0 radical (unpaired) electrons. The number of hydrogen-bond acceptors (Lipinski definition) is 16. The van der Waals surface area contributed by atoms with Gasteiger partial charge in [0.25, 0.3) is 0 Å². The lowest BCUT2D eigenvalue weighted by molar-refractivity contribution is -0.277. The summed E-state index contributed by atoms with van der Waals surface area (Å²) in [5.74, 6) is -3.13. The van der Waals surface area contributed by atoms with E-state index >= 15 is 0 Å². The molecule has 10 atom stereocenters. The van der Waals surface area contributed by atoms with E-state index in [1.807, 2.05) is 0 Å². The van der Waals surface area contributed by atoms with Crippen LogP contribution >= 0.6 is 0 Å². The van der Waals surface area contributed by atoms with Gasteiger partial charge in [0.05, 0.1) is 12.7 Å². The fourth-order valence-corrected chi connectivity index (χ4v) is 4.87. The van der Waals surface area contributed by atoms with Gasteiger partial charge in [0.2, 0.25) is 23.8 Å². The molecule has 16 heteroatoms. The van der Waals surface area contributed by atoms with Crippen LogP contribution in [0.4, 0.5) is 0 Å². The Labute approximate surface area is 241 Å². The molecule has 0 saturated carbocycles. The summed E-state index contributed by atoms with van der Waals surface area (Å²) in [6.07, 6.45) is -15.6. The number of ether oxygens (including phenoxy) is 4. The quantitative estimate of drug-likeness (QED) is 0.129. The van der Waals surface area contributed by atoms with Crippen LogP contribution in [0.3, 0.4) is 0 Å². The van der Waals surface area contributed by atoms with Gasteiger partial charge < -0.3 is 74.4 Å². The Balaban J connectivity index is 1.60. The van der Waals surface area contributed by atoms with Gasteiger partial charge in [-0.3, -0.25) is 4.79 Å². The SMILES string of the molecule is C[C@H](O)[C@H]1O[C@@H](Oc2cc(O)c3c(=O)c(O[C@@H]4O[C@H](CO)[C@@H](O)[C@H](O)[C@H]4O)c(-c4ccc(O)c(O)c4)oc3c2)[C@H](O)[C@@H]1O. The van der Waals surface area contributed by atoms with Crippen molar-refractivity contribution in [3.05, 3.63) is 40.6 Å². The largest absolute Gasteiger partial charge is 0.507 e. The summed E-state index contributed by atoms with van der Waals surface area (Å²) in [4.78, 5) is 13.7. The maximum Gasteiger partial charge on any atom is 0.239 e. The minimum absolute atomic E-state index is 0.0443. The summed E-state index contributed by atoms with van der Waals surface area (Å²) in [6, 6.07) is 5.43. The predicted molar refractivity (Wildman–Crippen MR) is 140 cm³/mol. The van der Waals surface area contributed by atoms with E-state index in [-0.39, 0.29) is 16.9 Å². The van der Waals surface area contributed by atoms with Crippen LogP contribution in [0.2, 0.25) is 0 Å². The van der Waals surface area contributed by atoms with E-state index < -0.39 is 108 Å². The van der Waals surface area contributed by atoms with Crippen LogP contribution in [0.1, 0.15) is 6.92 Å². The molecule has 2 aliphatic heterocycles. The average Bonchev–Trinajstić information content (AvgIpc) is 3.24. The van der Waals surface area contributed by atoms with E-state index in [1.54, 1.807) is 0 Å². The first-order valence-corrected chi connectivity index (χ1v) is 13.0. The van der Waals surface area contributed by atoms with Gasteiger partial charge in [0.1, 0.15) is 65.2 Å². The number of rotatable bonds is 7. The number of aliphatic hydroxyl groups is 7. The van der Waals surface area contributed by atoms with E-state index in [0.29, 0.717) is 0 Å². The summed E-state index contributed by atoms with van der Waals surface area (Å²) in [6.45, 7) is 0.555. The molecule has 0 spiro atoms. The summed E-state index contributed by atoms with van der Waals surface area (Å²) in [5.41, 5.74) is -1.40. The molecule has 0 amide bonds. The number of aliphatic hydroxyl groups excluding tert-OH is 7. The van der Waals surface area contributed by atoms with Crippen molar-refractivity contribution in [3.63, 3.8) is 0 Å². The normalized spacial score (nSPS) is 31.7. The Kier molecular flexibility index (Phi) is 8.41. The minimum Gasteiger partial charge on any atom is -0.507 e. The van der Waals surface area contributed by atoms with Crippen LogP contribution in [0.25, 0.3) is 22.3 Å². The maximum atomic E-state index is 13.7. The van der Waals surface area contributed by atoms with Crippen LogP contribution in [0.5, 0.6) is 28.7 Å². The molecular formula is C27H30O16.